The number of halogens is 1. The fraction of sp³-hybridized carbons (Fsp3) is 0.371. The zero-order valence-corrected chi connectivity index (χ0v) is 31.5. The Morgan fingerprint density at radius 3 is 2.56 bits per heavy atom. The van der Waals surface area contributed by atoms with Gasteiger partial charge in [-0.2, -0.15) is 15.1 Å². The van der Waals surface area contributed by atoms with Gasteiger partial charge in [-0.1, -0.05) is 84.4 Å². The summed E-state index contributed by atoms with van der Waals surface area (Å²) >= 11 is 3.50. The minimum Gasteiger partial charge on any atom is -0.479 e. The first kappa shape index (κ1) is 37.6. The molecule has 15 nitrogen and oxygen atoms in total. The number of methoxy groups -OCH3 is 1. The third kappa shape index (κ3) is 7.51. The number of aromatic nitrogens is 4. The molecule has 0 aliphatic carbocycles. The predicted molar refractivity (Wildman–Crippen MR) is 195 cm³/mol. The van der Waals surface area contributed by atoms with Gasteiger partial charge in [-0.3, -0.25) is 13.9 Å². The molecule has 3 heterocycles. The maximum absolute atomic E-state index is 14.8. The van der Waals surface area contributed by atoms with Crippen LogP contribution < -0.4 is 20.1 Å². The van der Waals surface area contributed by atoms with Gasteiger partial charge in [-0.05, 0) is 37.3 Å². The fourth-order valence-electron chi connectivity index (χ4n) is 6.02. The predicted octanol–water partition coefficient (Wildman–Crippen LogP) is 5.46. The van der Waals surface area contributed by atoms with Gasteiger partial charge >= 0.3 is 13.7 Å². The van der Waals surface area contributed by atoms with Gasteiger partial charge in [0.15, 0.2) is 17.4 Å². The molecule has 1 fully saturated rings. The van der Waals surface area contributed by atoms with Crippen molar-refractivity contribution in [3.63, 3.8) is 0 Å². The Kier molecular flexibility index (Phi) is 10.9. The van der Waals surface area contributed by atoms with Gasteiger partial charge in [-0.15, -0.1) is 0 Å². The molecule has 0 saturated carbocycles. The van der Waals surface area contributed by atoms with Crippen molar-refractivity contribution in [2.75, 3.05) is 19.5 Å². The number of nitrogen functional groups attached to an aromatic ring is 1. The Labute approximate surface area is 308 Å². The first-order chi connectivity index (χ1) is 24.7. The number of anilines is 1. The topological polar surface area (TPSA) is 202 Å². The Bertz CT molecular complexity index is 2130. The van der Waals surface area contributed by atoms with Crippen LogP contribution in [-0.2, 0) is 23.4 Å². The van der Waals surface area contributed by atoms with Crippen LogP contribution in [0.2, 0.25) is 0 Å². The highest BCUT2D eigenvalue weighted by Gasteiger charge is 2.54. The number of ether oxygens (including phenoxy) is 3. The lowest BCUT2D eigenvalue weighted by atomic mass is 9.96. The summed E-state index contributed by atoms with van der Waals surface area (Å²) < 4.78 is 46.4. The van der Waals surface area contributed by atoms with Gasteiger partial charge in [0.1, 0.15) is 35.7 Å². The SMILES string of the molecule is COc1nc(N)nc2c1ncn2C1O[C@H](COP(=O)(N[C@H](C(=O)O[C@@H](C)c2ccccc2Br)C(C)C)Oc2cccc3ccccc23)[C@@H](O)[C@@]1(C)O. The number of rotatable bonds is 13. The van der Waals surface area contributed by atoms with E-state index in [0.29, 0.717) is 5.39 Å². The van der Waals surface area contributed by atoms with Crippen LogP contribution in [0, 0.1) is 5.92 Å². The highest BCUT2D eigenvalue weighted by molar-refractivity contribution is 9.10. The van der Waals surface area contributed by atoms with Gasteiger partial charge in [0.2, 0.25) is 11.8 Å². The standard InChI is InChI=1S/C35H40BrN6O9P/c1-19(2)27(32(44)49-20(3)22-13-8-9-15-24(22)36)41-52(46,51-25-16-10-12-21-11-6-7-14-23(21)25)48-17-26-29(43)35(4,45)33(50-26)42-18-38-28-30(42)39-34(37)40-31(28)47-5/h6-16,18-20,26-27,29,33,43,45H,17H2,1-5H3,(H,41,46)(H2,37,39,40)/t20-,26+,27-,29+,33?,35+,52?/m0/s1. The molecule has 1 saturated heterocycles. The lowest BCUT2D eigenvalue weighted by molar-refractivity contribution is -0.152. The van der Waals surface area contributed by atoms with Crippen molar-refractivity contribution < 1.29 is 42.8 Å². The van der Waals surface area contributed by atoms with E-state index in [4.69, 9.17) is 29.0 Å². The highest BCUT2D eigenvalue weighted by Crippen LogP contribution is 2.49. The average Bonchev–Trinajstić information content (AvgIpc) is 3.62. The number of hydrogen-bond acceptors (Lipinski definition) is 13. The van der Waals surface area contributed by atoms with Crippen LogP contribution in [0.4, 0.5) is 5.95 Å². The molecule has 276 valence electrons. The van der Waals surface area contributed by atoms with Gasteiger partial charge < -0.3 is 34.7 Å². The number of imidazole rings is 1. The molecule has 7 atom stereocenters. The number of carbonyl (C=O) groups is 1. The zero-order valence-electron chi connectivity index (χ0n) is 29.0. The molecular formula is C35H40BrN6O9P. The summed E-state index contributed by atoms with van der Waals surface area (Å²) in [5.41, 5.74) is 5.15. The molecule has 5 aromatic rings. The van der Waals surface area contributed by atoms with Crippen LogP contribution in [0.5, 0.6) is 11.6 Å². The molecule has 6 rings (SSSR count). The Balaban J connectivity index is 1.29. The number of benzene rings is 3. The van der Waals surface area contributed by atoms with E-state index in [-0.39, 0.29) is 28.7 Å². The van der Waals surface area contributed by atoms with E-state index in [1.54, 1.807) is 39.0 Å². The van der Waals surface area contributed by atoms with Crippen LogP contribution in [0.15, 0.2) is 77.5 Å². The Morgan fingerprint density at radius 2 is 1.83 bits per heavy atom. The number of nitrogens with two attached hydrogens (primary N) is 1. The number of nitrogens with one attached hydrogen (secondary N) is 1. The molecule has 2 unspecified atom stereocenters. The molecule has 3 aromatic carbocycles. The van der Waals surface area contributed by atoms with Crippen LogP contribution in [0.3, 0.4) is 0 Å². The van der Waals surface area contributed by atoms with Crippen molar-refractivity contribution in [1.82, 2.24) is 24.6 Å². The number of esters is 1. The van der Waals surface area contributed by atoms with Crippen molar-refractivity contribution in [3.8, 4) is 11.6 Å². The smallest absolute Gasteiger partial charge is 0.459 e. The second-order valence-corrected chi connectivity index (χ2v) is 15.5. The number of aliphatic hydroxyl groups is 2. The average molecular weight is 800 g/mol. The van der Waals surface area contributed by atoms with E-state index in [9.17, 15) is 19.6 Å². The van der Waals surface area contributed by atoms with Crippen molar-refractivity contribution in [3.05, 3.63) is 83.1 Å². The summed E-state index contributed by atoms with van der Waals surface area (Å²) in [6, 6.07) is 18.8. The van der Waals surface area contributed by atoms with E-state index in [2.05, 4.69) is 36.0 Å². The van der Waals surface area contributed by atoms with Crippen molar-refractivity contribution in [1.29, 1.82) is 0 Å². The molecule has 0 spiro atoms. The molecule has 5 N–H and O–H groups in total. The lowest BCUT2D eigenvalue weighted by Crippen LogP contribution is -2.45. The maximum atomic E-state index is 14.8. The first-order valence-electron chi connectivity index (χ1n) is 16.5. The Hall–Kier alpha value is -4.15. The molecule has 0 amide bonds. The zero-order chi connectivity index (χ0) is 37.4. The summed E-state index contributed by atoms with van der Waals surface area (Å²) in [7, 11) is -3.10. The molecular weight excluding hydrogens is 759 g/mol. The van der Waals surface area contributed by atoms with Gasteiger partial charge in [0.25, 0.3) is 0 Å². The largest absolute Gasteiger partial charge is 0.479 e. The quantitative estimate of drug-likeness (QED) is 0.0863. The summed E-state index contributed by atoms with van der Waals surface area (Å²) in [6.07, 6.45) is -3.35. The van der Waals surface area contributed by atoms with E-state index in [1.165, 1.54) is 24.9 Å². The summed E-state index contributed by atoms with van der Waals surface area (Å²) in [5, 5.41) is 27.1. The molecule has 2 aromatic heterocycles. The lowest BCUT2D eigenvalue weighted by Gasteiger charge is -2.29. The molecule has 0 bridgehead atoms. The van der Waals surface area contributed by atoms with Gasteiger partial charge in [0.05, 0.1) is 20.0 Å². The Morgan fingerprint density at radius 1 is 1.12 bits per heavy atom. The summed E-state index contributed by atoms with van der Waals surface area (Å²) in [5.74, 6) is -0.897. The second-order valence-electron chi connectivity index (χ2n) is 12.9. The van der Waals surface area contributed by atoms with E-state index >= 15 is 0 Å². The van der Waals surface area contributed by atoms with Crippen LogP contribution in [0.1, 0.15) is 45.6 Å². The van der Waals surface area contributed by atoms with Crippen molar-refractivity contribution in [2.24, 2.45) is 5.92 Å². The normalized spacial score (nSPS) is 22.7. The summed E-state index contributed by atoms with van der Waals surface area (Å²) in [4.78, 5) is 26.3. The number of aliphatic hydroxyl groups excluding tert-OH is 1. The van der Waals surface area contributed by atoms with E-state index in [0.717, 1.165) is 15.4 Å². The molecule has 1 aliphatic heterocycles. The number of nitrogens with zero attached hydrogens (tertiary/aromatic N) is 4. The number of hydrogen-bond donors (Lipinski definition) is 4. The molecule has 1 aliphatic rings. The second kappa shape index (κ2) is 15.1. The van der Waals surface area contributed by atoms with E-state index < -0.39 is 62.4 Å². The van der Waals surface area contributed by atoms with E-state index in [1.807, 2.05) is 48.5 Å². The molecule has 17 heteroatoms. The van der Waals surface area contributed by atoms with Crippen LogP contribution in [-0.4, -0.2) is 73.3 Å². The van der Waals surface area contributed by atoms with Gasteiger partial charge in [-0.25, -0.2) is 9.55 Å². The number of carbonyl (C=O) groups excluding carboxylic acids is 1. The third-order valence-corrected chi connectivity index (χ3v) is 11.1. The summed E-state index contributed by atoms with van der Waals surface area (Å²) in [6.45, 7) is 6.09. The highest BCUT2D eigenvalue weighted by atomic mass is 79.9. The molecule has 0 radical (unpaired) electrons. The minimum atomic E-state index is -4.50. The van der Waals surface area contributed by atoms with Crippen molar-refractivity contribution in [2.45, 2.75) is 63.9 Å². The van der Waals surface area contributed by atoms with Crippen LogP contribution >= 0.6 is 23.7 Å². The minimum absolute atomic E-state index is 0.106. The first-order valence-corrected chi connectivity index (χ1v) is 18.8. The van der Waals surface area contributed by atoms with Gasteiger partial charge in [0, 0.05) is 15.4 Å². The number of fused-ring (bicyclic) bond motifs is 2. The fourth-order valence-corrected chi connectivity index (χ4v) is 8.32. The molecule has 52 heavy (non-hydrogen) atoms. The third-order valence-electron chi connectivity index (χ3n) is 8.84. The maximum Gasteiger partial charge on any atom is 0.459 e. The monoisotopic (exact) mass is 798 g/mol. The van der Waals surface area contributed by atoms with Crippen molar-refractivity contribution >= 4 is 57.5 Å². The van der Waals surface area contributed by atoms with Crippen LogP contribution in [0.25, 0.3) is 21.9 Å².